The number of carboxylic acids is 1. The van der Waals surface area contributed by atoms with Gasteiger partial charge >= 0.3 is 5.97 Å². The highest BCUT2D eigenvalue weighted by Gasteiger charge is 2.16. The van der Waals surface area contributed by atoms with Gasteiger partial charge in [0, 0.05) is 6.20 Å². The summed E-state index contributed by atoms with van der Waals surface area (Å²) in [5.74, 6) is -1.51. The Morgan fingerprint density at radius 3 is 2.65 bits per heavy atom. The lowest BCUT2D eigenvalue weighted by molar-refractivity contribution is 0.0692. The maximum absolute atomic E-state index is 11.1. The van der Waals surface area contributed by atoms with E-state index >= 15 is 0 Å². The van der Waals surface area contributed by atoms with E-state index in [0.29, 0.717) is 5.75 Å². The summed E-state index contributed by atoms with van der Waals surface area (Å²) >= 11 is -2.37. The number of ether oxygens (including phenoxy) is 1. The molecule has 104 valence electrons. The zero-order chi connectivity index (χ0) is 14.5. The van der Waals surface area contributed by atoms with Crippen molar-refractivity contribution in [3.63, 3.8) is 0 Å². The van der Waals surface area contributed by atoms with E-state index in [1.165, 1.54) is 0 Å². The van der Waals surface area contributed by atoms with Gasteiger partial charge in [-0.1, -0.05) is 18.2 Å². The van der Waals surface area contributed by atoms with Gasteiger partial charge in [0.1, 0.15) is 17.1 Å². The van der Waals surface area contributed by atoms with Crippen LogP contribution in [0.3, 0.4) is 0 Å². The van der Waals surface area contributed by atoms with E-state index in [0.717, 1.165) is 6.20 Å². The van der Waals surface area contributed by atoms with Gasteiger partial charge in [0.05, 0.1) is 5.75 Å². The van der Waals surface area contributed by atoms with E-state index in [9.17, 15) is 13.6 Å². The van der Waals surface area contributed by atoms with Crippen molar-refractivity contribution in [3.05, 3.63) is 47.9 Å². The van der Waals surface area contributed by atoms with Crippen LogP contribution in [-0.2, 0) is 16.8 Å². The smallest absolute Gasteiger partial charge is 0.342 e. The molecule has 0 bridgehead atoms. The summed E-state index contributed by atoms with van der Waals surface area (Å²) in [7, 11) is 0. The van der Waals surface area contributed by atoms with Gasteiger partial charge in [0.15, 0.2) is 0 Å². The normalized spacial score (nSPS) is 11.8. The van der Waals surface area contributed by atoms with Gasteiger partial charge < -0.3 is 14.4 Å². The minimum atomic E-state index is -2.37. The molecule has 0 fully saturated rings. The van der Waals surface area contributed by atoms with Crippen molar-refractivity contribution < 1.29 is 23.4 Å². The summed E-state index contributed by atoms with van der Waals surface area (Å²) in [6.07, 6.45) is 1.02. The van der Waals surface area contributed by atoms with Gasteiger partial charge in [-0.05, 0) is 23.2 Å². The van der Waals surface area contributed by atoms with Crippen LogP contribution in [0.25, 0.3) is 0 Å². The minimum absolute atomic E-state index is 0.0331. The lowest BCUT2D eigenvalue weighted by atomic mass is 10.3. The standard InChI is InChI=1S/C12H10N2O5S/c15-12(16)9-6-13-10(7-20(17)18)14-11(9)19-8-4-2-1-3-5-8/h1-6H,7H2,(H,15,16)(H,17,18)/p-1. The number of aromatic carboxylic acids is 1. The Bertz CT molecular complexity index is 648. The SMILES string of the molecule is O=C(O)c1cnc(CS(=O)[O-])nc1Oc1ccccc1. The Labute approximate surface area is 116 Å². The maximum Gasteiger partial charge on any atom is 0.342 e. The van der Waals surface area contributed by atoms with E-state index in [2.05, 4.69) is 9.97 Å². The molecule has 1 N–H and O–H groups in total. The molecule has 1 aromatic carbocycles. The van der Waals surface area contributed by atoms with E-state index in [-0.39, 0.29) is 17.3 Å². The second-order valence-electron chi connectivity index (χ2n) is 3.67. The van der Waals surface area contributed by atoms with E-state index < -0.39 is 22.8 Å². The second-order valence-corrected chi connectivity index (χ2v) is 4.57. The van der Waals surface area contributed by atoms with Crippen molar-refractivity contribution in [3.8, 4) is 11.6 Å². The average Bonchev–Trinajstić information content (AvgIpc) is 2.39. The van der Waals surface area contributed by atoms with E-state index in [1.807, 2.05) is 0 Å². The molecular weight excluding hydrogens is 284 g/mol. The first-order valence-electron chi connectivity index (χ1n) is 5.44. The molecule has 0 saturated heterocycles. The lowest BCUT2D eigenvalue weighted by Gasteiger charge is -2.09. The first-order chi connectivity index (χ1) is 9.56. The van der Waals surface area contributed by atoms with Crippen LogP contribution in [0.2, 0.25) is 0 Å². The van der Waals surface area contributed by atoms with Crippen LogP contribution >= 0.6 is 0 Å². The first kappa shape index (κ1) is 14.1. The van der Waals surface area contributed by atoms with Crippen molar-refractivity contribution in [2.45, 2.75) is 5.75 Å². The molecular formula is C12H9N2O5S-. The van der Waals surface area contributed by atoms with Crippen LogP contribution in [0.4, 0.5) is 0 Å². The van der Waals surface area contributed by atoms with Gasteiger partial charge in [-0.25, -0.2) is 9.78 Å². The fourth-order valence-corrected chi connectivity index (χ4v) is 1.75. The molecule has 2 rings (SSSR count). The van der Waals surface area contributed by atoms with Crippen LogP contribution < -0.4 is 4.74 Å². The molecule has 0 spiro atoms. The topological polar surface area (TPSA) is 112 Å². The summed E-state index contributed by atoms with van der Waals surface area (Å²) in [6.45, 7) is 0. The molecule has 1 aromatic heterocycles. The highest BCUT2D eigenvalue weighted by atomic mass is 32.2. The quantitative estimate of drug-likeness (QED) is 0.828. The number of carboxylic acid groups (broad SMARTS) is 1. The fraction of sp³-hybridized carbons (Fsp3) is 0.0833. The van der Waals surface area contributed by atoms with Gasteiger partial charge in [0.2, 0.25) is 5.88 Å². The number of rotatable bonds is 5. The molecule has 1 heterocycles. The molecule has 0 radical (unpaired) electrons. The third kappa shape index (κ3) is 3.59. The molecule has 0 aliphatic rings. The number of benzene rings is 1. The highest BCUT2D eigenvalue weighted by Crippen LogP contribution is 2.22. The van der Waals surface area contributed by atoms with Crippen molar-refractivity contribution >= 4 is 17.0 Å². The number of para-hydroxylation sites is 1. The number of aromatic nitrogens is 2. The van der Waals surface area contributed by atoms with Gasteiger partial charge in [-0.2, -0.15) is 4.98 Å². The van der Waals surface area contributed by atoms with Gasteiger partial charge in [-0.15, -0.1) is 0 Å². The summed E-state index contributed by atoms with van der Waals surface area (Å²) in [5, 5.41) is 9.03. The minimum Gasteiger partial charge on any atom is -0.772 e. The average molecular weight is 293 g/mol. The van der Waals surface area contributed by atoms with Crippen LogP contribution in [0.15, 0.2) is 36.5 Å². The van der Waals surface area contributed by atoms with Gasteiger partial charge in [0.25, 0.3) is 0 Å². The molecule has 1 unspecified atom stereocenters. The first-order valence-corrected chi connectivity index (χ1v) is 6.68. The number of hydrogen-bond acceptors (Lipinski definition) is 6. The highest BCUT2D eigenvalue weighted by molar-refractivity contribution is 7.78. The van der Waals surface area contributed by atoms with Crippen molar-refractivity contribution in [1.82, 2.24) is 9.97 Å². The van der Waals surface area contributed by atoms with Crippen LogP contribution in [0.5, 0.6) is 11.6 Å². The Hall–Kier alpha value is -2.32. The predicted molar refractivity (Wildman–Crippen MR) is 68.1 cm³/mol. The Morgan fingerprint density at radius 1 is 1.35 bits per heavy atom. The Kier molecular flexibility index (Phi) is 4.38. The van der Waals surface area contributed by atoms with Crippen LogP contribution in [-0.4, -0.2) is 29.8 Å². The van der Waals surface area contributed by atoms with Crippen molar-refractivity contribution in [2.75, 3.05) is 0 Å². The summed E-state index contributed by atoms with van der Waals surface area (Å²) in [5.41, 5.74) is -0.241. The molecule has 0 amide bonds. The largest absolute Gasteiger partial charge is 0.772 e. The summed E-state index contributed by atoms with van der Waals surface area (Å²) < 4.78 is 26.6. The summed E-state index contributed by atoms with van der Waals surface area (Å²) in [6, 6.07) is 8.45. The van der Waals surface area contributed by atoms with Crippen molar-refractivity contribution in [2.24, 2.45) is 0 Å². The Balaban J connectivity index is 2.36. The zero-order valence-corrected chi connectivity index (χ0v) is 10.9. The molecule has 0 aliphatic carbocycles. The van der Waals surface area contributed by atoms with Crippen LogP contribution in [0.1, 0.15) is 16.2 Å². The molecule has 2 aromatic rings. The van der Waals surface area contributed by atoms with E-state index in [4.69, 9.17) is 9.84 Å². The fourth-order valence-electron chi connectivity index (χ4n) is 1.40. The maximum atomic E-state index is 11.1. The monoisotopic (exact) mass is 293 g/mol. The third-order valence-electron chi connectivity index (χ3n) is 2.24. The molecule has 20 heavy (non-hydrogen) atoms. The molecule has 7 nitrogen and oxygen atoms in total. The second kappa shape index (κ2) is 6.22. The summed E-state index contributed by atoms with van der Waals surface area (Å²) in [4.78, 5) is 18.6. The third-order valence-corrected chi connectivity index (χ3v) is 2.73. The molecule has 8 heteroatoms. The number of nitrogens with zero attached hydrogens (tertiary/aromatic N) is 2. The predicted octanol–water partition coefficient (Wildman–Crippen LogP) is 1.35. The molecule has 0 aliphatic heterocycles. The van der Waals surface area contributed by atoms with Crippen LogP contribution in [0, 0.1) is 0 Å². The van der Waals surface area contributed by atoms with Gasteiger partial charge in [-0.3, -0.25) is 4.21 Å². The number of hydrogen-bond donors (Lipinski definition) is 1. The Morgan fingerprint density at radius 2 is 2.05 bits per heavy atom. The van der Waals surface area contributed by atoms with E-state index in [1.54, 1.807) is 30.3 Å². The molecule has 0 saturated carbocycles. The lowest BCUT2D eigenvalue weighted by Crippen LogP contribution is -2.07. The number of carbonyl (C=O) groups is 1. The zero-order valence-electron chi connectivity index (χ0n) is 10.1. The van der Waals surface area contributed by atoms with Crippen molar-refractivity contribution in [1.29, 1.82) is 0 Å². The molecule has 1 atom stereocenters.